The van der Waals surface area contributed by atoms with E-state index in [9.17, 15) is 14.3 Å². The number of nitrogens with zero attached hydrogens (tertiary/aromatic N) is 6. The molecule has 2 aromatic heterocycles. The Kier molecular flexibility index (Phi) is 5.13. The van der Waals surface area contributed by atoms with Gasteiger partial charge in [-0.05, 0) is 42.8 Å². The molecule has 0 radical (unpaired) electrons. The number of benzene rings is 2. The van der Waals surface area contributed by atoms with Crippen molar-refractivity contribution in [3.05, 3.63) is 54.6 Å². The van der Waals surface area contributed by atoms with E-state index in [4.69, 9.17) is 5.10 Å². The van der Waals surface area contributed by atoms with Crippen molar-refractivity contribution in [1.29, 1.82) is 0 Å². The fourth-order valence-electron chi connectivity index (χ4n) is 4.64. The van der Waals surface area contributed by atoms with Crippen molar-refractivity contribution in [2.45, 2.75) is 26.4 Å². The number of carbonyl (C=O) groups is 1. The van der Waals surface area contributed by atoms with Gasteiger partial charge in [0, 0.05) is 37.7 Å². The molecule has 1 N–H and O–H groups in total. The Balaban J connectivity index is 1.69. The quantitative estimate of drug-likeness (QED) is 0.517. The Labute approximate surface area is 190 Å². The molecule has 1 amide bonds. The van der Waals surface area contributed by atoms with E-state index in [1.807, 2.05) is 38.4 Å². The number of hydrogen-bond donors (Lipinski definition) is 1. The van der Waals surface area contributed by atoms with Gasteiger partial charge in [-0.1, -0.05) is 6.07 Å². The van der Waals surface area contributed by atoms with E-state index in [1.54, 1.807) is 33.5 Å². The number of aliphatic hydroxyl groups excluding tert-OH is 1. The predicted octanol–water partition coefficient (Wildman–Crippen LogP) is 3.46. The van der Waals surface area contributed by atoms with E-state index in [2.05, 4.69) is 10.00 Å². The number of rotatable bonds is 4. The molecular weight excluding hydrogens is 423 g/mol. The third kappa shape index (κ3) is 3.54. The molecule has 3 heterocycles. The minimum atomic E-state index is -0.322. The Hall–Kier alpha value is -3.72. The van der Waals surface area contributed by atoms with Gasteiger partial charge in [0.05, 0.1) is 42.3 Å². The summed E-state index contributed by atoms with van der Waals surface area (Å²) in [5.74, 6) is 0.290. The van der Waals surface area contributed by atoms with Gasteiger partial charge in [0.15, 0.2) is 5.82 Å². The number of carbonyl (C=O) groups excluding carboxylic acids is 1. The standard InChI is InChI=1S/C24H25FN6O2/c1-15-13-30(24-20-11-19(25)5-7-21(20)28(3)27-24)23-10-17(4-6-22(23)31(15)16(2)33)18-12-26-29(14-18)8-9-32/h4-7,10-12,14-15,32H,8-9,13H2,1-3H3/t15-/m0/s1. The van der Waals surface area contributed by atoms with Gasteiger partial charge in [0.2, 0.25) is 5.91 Å². The lowest BCUT2D eigenvalue weighted by Gasteiger charge is -2.41. The summed E-state index contributed by atoms with van der Waals surface area (Å²) in [7, 11) is 1.84. The summed E-state index contributed by atoms with van der Waals surface area (Å²) in [6.07, 6.45) is 3.63. The van der Waals surface area contributed by atoms with Crippen LogP contribution >= 0.6 is 0 Å². The van der Waals surface area contributed by atoms with Crippen LogP contribution in [0, 0.1) is 5.82 Å². The van der Waals surface area contributed by atoms with Crippen LogP contribution in [0.2, 0.25) is 0 Å². The molecule has 0 aliphatic carbocycles. The van der Waals surface area contributed by atoms with Crippen molar-refractivity contribution in [3.8, 4) is 11.1 Å². The van der Waals surface area contributed by atoms with Gasteiger partial charge in [-0.3, -0.25) is 14.2 Å². The maximum absolute atomic E-state index is 14.1. The molecule has 0 saturated heterocycles. The molecule has 8 nitrogen and oxygen atoms in total. The largest absolute Gasteiger partial charge is 0.394 e. The van der Waals surface area contributed by atoms with E-state index in [0.717, 1.165) is 28.0 Å². The van der Waals surface area contributed by atoms with E-state index in [-0.39, 0.29) is 24.4 Å². The summed E-state index contributed by atoms with van der Waals surface area (Å²) < 4.78 is 17.6. The first-order valence-corrected chi connectivity index (χ1v) is 10.8. The van der Waals surface area contributed by atoms with Gasteiger partial charge in [-0.25, -0.2) is 4.39 Å². The van der Waals surface area contributed by atoms with Crippen molar-refractivity contribution in [2.24, 2.45) is 7.05 Å². The summed E-state index contributed by atoms with van der Waals surface area (Å²) in [4.78, 5) is 16.4. The maximum Gasteiger partial charge on any atom is 0.224 e. The molecular formula is C24H25FN6O2. The zero-order valence-corrected chi connectivity index (χ0v) is 18.7. The van der Waals surface area contributed by atoms with E-state index >= 15 is 0 Å². The van der Waals surface area contributed by atoms with Crippen LogP contribution in [0.15, 0.2) is 48.8 Å². The molecule has 2 aromatic carbocycles. The van der Waals surface area contributed by atoms with Crippen LogP contribution in [-0.4, -0.2) is 49.8 Å². The number of aromatic nitrogens is 4. The lowest BCUT2D eigenvalue weighted by molar-refractivity contribution is -0.117. The van der Waals surface area contributed by atoms with E-state index < -0.39 is 0 Å². The Morgan fingerprint density at radius 3 is 2.76 bits per heavy atom. The van der Waals surface area contributed by atoms with Gasteiger partial charge in [-0.2, -0.15) is 10.2 Å². The molecule has 0 fully saturated rings. The van der Waals surface area contributed by atoms with Crippen molar-refractivity contribution in [3.63, 3.8) is 0 Å². The minimum absolute atomic E-state index is 0.00779. The number of halogens is 1. The van der Waals surface area contributed by atoms with Crippen LogP contribution in [0.5, 0.6) is 0 Å². The second-order valence-corrected chi connectivity index (χ2v) is 8.38. The number of hydrogen-bond acceptors (Lipinski definition) is 5. The minimum Gasteiger partial charge on any atom is -0.394 e. The highest BCUT2D eigenvalue weighted by Crippen LogP contribution is 2.43. The lowest BCUT2D eigenvalue weighted by Crippen LogP contribution is -2.48. The Bertz CT molecular complexity index is 1360. The van der Waals surface area contributed by atoms with E-state index in [1.165, 1.54) is 12.1 Å². The Morgan fingerprint density at radius 2 is 2.00 bits per heavy atom. The molecule has 9 heteroatoms. The fourth-order valence-corrected chi connectivity index (χ4v) is 4.64. The predicted molar refractivity (Wildman–Crippen MR) is 125 cm³/mol. The van der Waals surface area contributed by atoms with Crippen LogP contribution < -0.4 is 9.80 Å². The van der Waals surface area contributed by atoms with Gasteiger partial charge >= 0.3 is 0 Å². The van der Waals surface area contributed by atoms with Gasteiger partial charge < -0.3 is 14.9 Å². The summed E-state index contributed by atoms with van der Waals surface area (Å²) in [6, 6.07) is 10.5. The summed E-state index contributed by atoms with van der Waals surface area (Å²) >= 11 is 0. The second-order valence-electron chi connectivity index (χ2n) is 8.38. The molecule has 4 aromatic rings. The van der Waals surface area contributed by atoms with Crippen LogP contribution in [0.25, 0.3) is 22.0 Å². The number of aliphatic hydroxyl groups is 1. The highest BCUT2D eigenvalue weighted by atomic mass is 19.1. The van der Waals surface area contributed by atoms with Gasteiger partial charge in [0.1, 0.15) is 5.82 Å². The molecule has 1 aliphatic heterocycles. The first kappa shape index (κ1) is 21.1. The number of fused-ring (bicyclic) bond motifs is 2. The molecule has 170 valence electrons. The average molecular weight is 449 g/mol. The first-order chi connectivity index (χ1) is 15.9. The van der Waals surface area contributed by atoms with Crippen LogP contribution in [0.4, 0.5) is 21.6 Å². The number of aryl methyl sites for hydroxylation is 1. The van der Waals surface area contributed by atoms with Crippen molar-refractivity contribution >= 4 is 34.0 Å². The summed E-state index contributed by atoms with van der Waals surface area (Å²) in [5, 5.41) is 18.9. The monoisotopic (exact) mass is 448 g/mol. The second kappa shape index (κ2) is 8.00. The van der Waals surface area contributed by atoms with Crippen molar-refractivity contribution in [1.82, 2.24) is 19.6 Å². The van der Waals surface area contributed by atoms with Crippen LogP contribution in [-0.2, 0) is 18.4 Å². The zero-order chi connectivity index (χ0) is 23.3. The third-order valence-electron chi connectivity index (χ3n) is 6.10. The lowest BCUT2D eigenvalue weighted by atomic mass is 10.0. The number of amides is 1. The SMILES string of the molecule is CC(=O)N1c2ccc(-c3cnn(CCO)c3)cc2N(c2nn(C)c3ccc(F)cc23)C[C@@H]1C. The van der Waals surface area contributed by atoms with E-state index in [0.29, 0.717) is 24.3 Å². The van der Waals surface area contributed by atoms with Crippen LogP contribution in [0.1, 0.15) is 13.8 Å². The molecule has 0 saturated carbocycles. The topological polar surface area (TPSA) is 79.4 Å². The van der Waals surface area contributed by atoms with Crippen LogP contribution in [0.3, 0.4) is 0 Å². The van der Waals surface area contributed by atoms with Crippen molar-refractivity contribution in [2.75, 3.05) is 23.0 Å². The summed E-state index contributed by atoms with van der Waals surface area (Å²) in [6.45, 7) is 4.50. The molecule has 33 heavy (non-hydrogen) atoms. The molecule has 1 atom stereocenters. The molecule has 0 spiro atoms. The zero-order valence-electron chi connectivity index (χ0n) is 18.7. The third-order valence-corrected chi connectivity index (χ3v) is 6.10. The number of anilines is 3. The Morgan fingerprint density at radius 1 is 1.18 bits per heavy atom. The highest BCUT2D eigenvalue weighted by molar-refractivity contribution is 6.01. The molecule has 1 aliphatic rings. The maximum atomic E-state index is 14.1. The van der Waals surface area contributed by atoms with Crippen molar-refractivity contribution < 1.29 is 14.3 Å². The molecule has 0 unspecified atom stereocenters. The first-order valence-electron chi connectivity index (χ1n) is 10.8. The highest BCUT2D eigenvalue weighted by Gasteiger charge is 2.33. The average Bonchev–Trinajstić information content (AvgIpc) is 3.37. The normalized spacial score (nSPS) is 15.8. The molecule has 0 bridgehead atoms. The summed E-state index contributed by atoms with van der Waals surface area (Å²) in [5.41, 5.74) is 4.25. The van der Waals surface area contributed by atoms with Gasteiger partial charge in [0.25, 0.3) is 0 Å². The molecule has 5 rings (SSSR count). The smallest absolute Gasteiger partial charge is 0.224 e. The fraction of sp³-hybridized carbons (Fsp3) is 0.292. The van der Waals surface area contributed by atoms with Gasteiger partial charge in [-0.15, -0.1) is 0 Å².